The molecule has 1 amide bonds. The molecule has 9 heteroatoms. The minimum Gasteiger partial charge on any atom is -0.484 e. The number of carbonyl (C=O) groups is 2. The van der Waals surface area contributed by atoms with Crippen molar-refractivity contribution in [2.75, 3.05) is 19.7 Å². The molecule has 0 bridgehead atoms. The maximum absolute atomic E-state index is 12.6. The number of hydrogen-bond donors (Lipinski definition) is 1. The first-order chi connectivity index (χ1) is 9.67. The van der Waals surface area contributed by atoms with Crippen molar-refractivity contribution in [2.45, 2.75) is 6.18 Å². The van der Waals surface area contributed by atoms with E-state index in [-0.39, 0.29) is 10.6 Å². The van der Waals surface area contributed by atoms with Crippen molar-refractivity contribution in [1.82, 2.24) is 4.90 Å². The molecule has 116 valence electrons. The minimum atomic E-state index is -4.72. The number of aliphatic carboxylic acids is 1. The molecule has 0 unspecified atom stereocenters. The summed E-state index contributed by atoms with van der Waals surface area (Å²) in [5, 5.41) is 8.50. The molecule has 1 aromatic rings. The summed E-state index contributed by atoms with van der Waals surface area (Å²) in [6.45, 7) is -3.56. The van der Waals surface area contributed by atoms with E-state index in [1.54, 1.807) is 0 Å². The number of carbonyl (C=O) groups excluding carboxylic acids is 1. The van der Waals surface area contributed by atoms with Crippen LogP contribution in [0.2, 0.25) is 0 Å². The summed E-state index contributed by atoms with van der Waals surface area (Å²) in [6.07, 6.45) is -4.72. The van der Waals surface area contributed by atoms with E-state index in [1.165, 1.54) is 12.1 Å². The van der Waals surface area contributed by atoms with E-state index >= 15 is 0 Å². The first-order valence-electron chi connectivity index (χ1n) is 5.62. The molecule has 21 heavy (non-hydrogen) atoms. The van der Waals surface area contributed by atoms with E-state index in [0.717, 1.165) is 12.1 Å². The highest BCUT2D eigenvalue weighted by atomic mass is 19.4. The van der Waals surface area contributed by atoms with Crippen LogP contribution in [0.5, 0.6) is 5.75 Å². The molecule has 0 saturated heterocycles. The molecule has 0 heterocycles. The predicted molar refractivity (Wildman–Crippen MR) is 62.2 cm³/mol. The second-order valence-electron chi connectivity index (χ2n) is 4.00. The van der Waals surface area contributed by atoms with Gasteiger partial charge in [-0.3, -0.25) is 9.59 Å². The van der Waals surface area contributed by atoms with Crippen molar-refractivity contribution in [3.05, 3.63) is 30.1 Å². The maximum Gasteiger partial charge on any atom is 0.406 e. The van der Waals surface area contributed by atoms with Gasteiger partial charge in [-0.25, -0.2) is 4.39 Å². The summed E-state index contributed by atoms with van der Waals surface area (Å²) in [5.74, 6) is -3.18. The third-order valence-corrected chi connectivity index (χ3v) is 2.22. The molecule has 1 N–H and O–H groups in total. The van der Waals surface area contributed by atoms with E-state index in [1.807, 2.05) is 0 Å². The smallest absolute Gasteiger partial charge is 0.406 e. The summed E-state index contributed by atoms with van der Waals surface area (Å²) < 4.78 is 54.3. The quantitative estimate of drug-likeness (QED) is 0.812. The van der Waals surface area contributed by atoms with Crippen LogP contribution in [0.3, 0.4) is 0 Å². The van der Waals surface area contributed by atoms with E-state index in [0.29, 0.717) is 0 Å². The monoisotopic (exact) mass is 309 g/mol. The third-order valence-electron chi connectivity index (χ3n) is 2.22. The Morgan fingerprint density at radius 2 is 1.76 bits per heavy atom. The Morgan fingerprint density at radius 3 is 2.24 bits per heavy atom. The molecule has 1 rings (SSSR count). The highest BCUT2D eigenvalue weighted by Gasteiger charge is 2.34. The lowest BCUT2D eigenvalue weighted by molar-refractivity contribution is -0.166. The van der Waals surface area contributed by atoms with Crippen molar-refractivity contribution in [3.63, 3.8) is 0 Å². The number of carboxylic acid groups (broad SMARTS) is 1. The van der Waals surface area contributed by atoms with Gasteiger partial charge in [0.15, 0.2) is 6.61 Å². The van der Waals surface area contributed by atoms with Crippen LogP contribution in [0.1, 0.15) is 0 Å². The molecular formula is C12H11F4NO4. The summed E-state index contributed by atoms with van der Waals surface area (Å²) in [6, 6.07) is 4.47. The normalized spacial score (nSPS) is 11.0. The van der Waals surface area contributed by atoms with Crippen LogP contribution in [-0.4, -0.2) is 47.8 Å². The van der Waals surface area contributed by atoms with E-state index in [4.69, 9.17) is 9.84 Å². The van der Waals surface area contributed by atoms with E-state index < -0.39 is 43.6 Å². The second kappa shape index (κ2) is 6.91. The van der Waals surface area contributed by atoms with Crippen molar-refractivity contribution in [3.8, 4) is 5.75 Å². The topological polar surface area (TPSA) is 66.8 Å². The van der Waals surface area contributed by atoms with Gasteiger partial charge in [0.2, 0.25) is 0 Å². The van der Waals surface area contributed by atoms with Crippen LogP contribution in [-0.2, 0) is 9.59 Å². The van der Waals surface area contributed by atoms with Gasteiger partial charge in [0.25, 0.3) is 5.91 Å². The summed E-state index contributed by atoms with van der Waals surface area (Å²) >= 11 is 0. The van der Waals surface area contributed by atoms with Crippen LogP contribution >= 0.6 is 0 Å². The largest absolute Gasteiger partial charge is 0.484 e. The van der Waals surface area contributed by atoms with Gasteiger partial charge in [0.05, 0.1) is 0 Å². The Hall–Kier alpha value is -2.32. The predicted octanol–water partition coefficient (Wildman–Crippen LogP) is 1.68. The number of carboxylic acids is 1. The minimum absolute atomic E-state index is 0.0760. The fraction of sp³-hybridized carbons (Fsp3) is 0.333. The zero-order valence-corrected chi connectivity index (χ0v) is 10.6. The number of rotatable bonds is 6. The fourth-order valence-electron chi connectivity index (χ4n) is 1.38. The lowest BCUT2D eigenvalue weighted by Crippen LogP contribution is -2.44. The van der Waals surface area contributed by atoms with Crippen LogP contribution in [0, 0.1) is 5.82 Å². The molecule has 0 radical (unpaired) electrons. The Kier molecular flexibility index (Phi) is 5.51. The average Bonchev–Trinajstić information content (AvgIpc) is 2.34. The molecule has 1 aromatic carbocycles. The van der Waals surface area contributed by atoms with Gasteiger partial charge >= 0.3 is 12.1 Å². The first kappa shape index (κ1) is 16.7. The SMILES string of the molecule is O=C(O)CN(CC(F)(F)F)C(=O)COc1ccc(F)cc1. The third kappa shape index (κ3) is 6.59. The molecule has 5 nitrogen and oxygen atoms in total. The van der Waals surface area contributed by atoms with Gasteiger partial charge in [0.1, 0.15) is 24.7 Å². The fourth-order valence-corrected chi connectivity index (χ4v) is 1.38. The maximum atomic E-state index is 12.6. The molecular weight excluding hydrogens is 298 g/mol. The molecule has 0 aromatic heterocycles. The zero-order valence-electron chi connectivity index (χ0n) is 10.6. The van der Waals surface area contributed by atoms with Crippen LogP contribution in [0.4, 0.5) is 17.6 Å². The first-order valence-corrected chi connectivity index (χ1v) is 5.62. The van der Waals surface area contributed by atoms with Crippen molar-refractivity contribution < 1.29 is 37.0 Å². The zero-order chi connectivity index (χ0) is 16.0. The van der Waals surface area contributed by atoms with Gasteiger partial charge in [0, 0.05) is 0 Å². The number of hydrogen-bond acceptors (Lipinski definition) is 3. The summed E-state index contributed by atoms with van der Waals surface area (Å²) in [7, 11) is 0. The highest BCUT2D eigenvalue weighted by molar-refractivity contribution is 5.82. The standard InChI is InChI=1S/C12H11F4NO4/c13-8-1-3-9(4-2-8)21-6-10(18)17(5-11(19)20)7-12(14,15)16/h1-4H,5-7H2,(H,19,20). The number of benzene rings is 1. The van der Waals surface area contributed by atoms with Crippen molar-refractivity contribution >= 4 is 11.9 Å². The van der Waals surface area contributed by atoms with Crippen LogP contribution < -0.4 is 4.74 Å². The average molecular weight is 309 g/mol. The Morgan fingerprint density at radius 1 is 1.19 bits per heavy atom. The Labute approximate surface area is 116 Å². The number of amides is 1. The van der Waals surface area contributed by atoms with Crippen molar-refractivity contribution in [2.24, 2.45) is 0 Å². The molecule has 0 atom stereocenters. The Balaban J connectivity index is 2.63. The summed E-state index contributed by atoms with van der Waals surface area (Å²) in [4.78, 5) is 22.1. The lowest BCUT2D eigenvalue weighted by atomic mass is 10.3. The molecule has 0 aliphatic heterocycles. The lowest BCUT2D eigenvalue weighted by Gasteiger charge is -2.22. The molecule has 0 spiro atoms. The van der Waals surface area contributed by atoms with Crippen LogP contribution in [0.15, 0.2) is 24.3 Å². The van der Waals surface area contributed by atoms with Gasteiger partial charge < -0.3 is 14.7 Å². The van der Waals surface area contributed by atoms with E-state index in [2.05, 4.69) is 0 Å². The molecule has 0 aliphatic carbocycles. The van der Waals surface area contributed by atoms with Gasteiger partial charge in [-0.2, -0.15) is 13.2 Å². The summed E-state index contributed by atoms with van der Waals surface area (Å²) in [5.41, 5.74) is 0. The van der Waals surface area contributed by atoms with Gasteiger partial charge in [-0.15, -0.1) is 0 Å². The number of ether oxygens (including phenoxy) is 1. The second-order valence-corrected chi connectivity index (χ2v) is 4.00. The van der Waals surface area contributed by atoms with Gasteiger partial charge in [-0.1, -0.05) is 0 Å². The van der Waals surface area contributed by atoms with Gasteiger partial charge in [-0.05, 0) is 24.3 Å². The molecule has 0 aliphatic rings. The Bertz CT molecular complexity index is 501. The number of halogens is 4. The highest BCUT2D eigenvalue weighted by Crippen LogP contribution is 2.17. The van der Waals surface area contributed by atoms with E-state index in [9.17, 15) is 27.2 Å². The van der Waals surface area contributed by atoms with Crippen LogP contribution in [0.25, 0.3) is 0 Å². The number of nitrogens with zero attached hydrogens (tertiary/aromatic N) is 1. The molecule has 0 fully saturated rings. The van der Waals surface area contributed by atoms with Crippen molar-refractivity contribution in [1.29, 1.82) is 0 Å². The number of alkyl halides is 3. The molecule has 0 saturated carbocycles.